The monoisotopic (exact) mass is 377 g/mol. The van der Waals surface area contributed by atoms with Gasteiger partial charge in [-0.3, -0.25) is 14.5 Å². The number of fused-ring (bicyclic) bond motifs is 2. The van der Waals surface area contributed by atoms with E-state index < -0.39 is 17.5 Å². The van der Waals surface area contributed by atoms with Crippen molar-refractivity contribution in [2.24, 2.45) is 11.7 Å². The van der Waals surface area contributed by atoms with Gasteiger partial charge >= 0.3 is 0 Å². The average molecular weight is 377 g/mol. The Hall–Kier alpha value is -2.02. The van der Waals surface area contributed by atoms with Crippen LogP contribution >= 0.6 is 0 Å². The summed E-state index contributed by atoms with van der Waals surface area (Å²) >= 11 is 0. The van der Waals surface area contributed by atoms with Crippen molar-refractivity contribution in [1.29, 1.82) is 0 Å². The molecule has 4 heterocycles. The third kappa shape index (κ3) is 3.45. The van der Waals surface area contributed by atoms with Gasteiger partial charge in [-0.05, 0) is 56.0 Å². The topological polar surface area (TPSA) is 66.6 Å². The second kappa shape index (κ2) is 7.19. The summed E-state index contributed by atoms with van der Waals surface area (Å²) in [6, 6.07) is 3.88. The van der Waals surface area contributed by atoms with Crippen molar-refractivity contribution in [2.45, 2.75) is 50.1 Å². The Labute approximate surface area is 157 Å². The minimum absolute atomic E-state index is 0.0133. The highest BCUT2D eigenvalue weighted by Gasteiger charge is 2.54. The van der Waals surface area contributed by atoms with E-state index >= 15 is 0 Å². The molecule has 0 saturated carbocycles. The smallest absolute Gasteiger partial charge is 0.222 e. The van der Waals surface area contributed by atoms with Crippen LogP contribution in [0.15, 0.2) is 18.2 Å². The van der Waals surface area contributed by atoms with Crippen molar-refractivity contribution >= 4 is 11.8 Å². The molecule has 2 N–H and O–H groups in total. The molecule has 3 atom stereocenters. The zero-order chi connectivity index (χ0) is 19.1. The number of hydrogen-bond acceptors (Lipinski definition) is 3. The van der Waals surface area contributed by atoms with E-state index in [0.29, 0.717) is 24.4 Å². The number of likely N-dealkylation sites (tertiary alicyclic amines) is 1. The van der Waals surface area contributed by atoms with Gasteiger partial charge in [0.1, 0.15) is 11.6 Å². The third-order valence-electron chi connectivity index (χ3n) is 6.44. The van der Waals surface area contributed by atoms with Crippen LogP contribution in [0, 0.1) is 17.6 Å². The molecule has 0 radical (unpaired) electrons. The maximum absolute atomic E-state index is 13.8. The zero-order valence-electron chi connectivity index (χ0n) is 15.2. The summed E-state index contributed by atoms with van der Waals surface area (Å²) in [5, 5.41) is 0. The highest BCUT2D eigenvalue weighted by molar-refractivity contribution is 5.79. The number of carbonyl (C=O) groups is 2. The van der Waals surface area contributed by atoms with Gasteiger partial charge in [0.25, 0.3) is 0 Å². The Morgan fingerprint density at radius 3 is 2.33 bits per heavy atom. The minimum Gasteiger partial charge on any atom is -0.370 e. The van der Waals surface area contributed by atoms with Crippen molar-refractivity contribution in [3.63, 3.8) is 0 Å². The van der Waals surface area contributed by atoms with Crippen LogP contribution in [0.5, 0.6) is 0 Å². The molecule has 0 aromatic heterocycles. The Kier molecular flexibility index (Phi) is 4.88. The van der Waals surface area contributed by atoms with Gasteiger partial charge in [-0.2, -0.15) is 0 Å². The quantitative estimate of drug-likeness (QED) is 0.854. The first kappa shape index (κ1) is 18.3. The van der Waals surface area contributed by atoms with Crippen molar-refractivity contribution in [3.8, 4) is 0 Å². The largest absolute Gasteiger partial charge is 0.370 e. The summed E-state index contributed by atoms with van der Waals surface area (Å²) in [6.45, 7) is 2.42. The molecule has 27 heavy (non-hydrogen) atoms. The molecule has 146 valence electrons. The second-order valence-electron chi connectivity index (χ2n) is 8.03. The molecule has 1 aromatic rings. The molecular weight excluding hydrogens is 352 g/mol. The SMILES string of the molecule is NC(=O)CCCC(=O)N1C[C@H](c2cc(F)cc(F)c2)[C@H]2[C@@H]1C1CCN2CC1. The predicted octanol–water partition coefficient (Wildman–Crippen LogP) is 2.01. The standard InChI is InChI=1S/C20H25F2N3O2/c21-14-8-13(9-15(22)10-14)16-11-25(18(27)3-1-2-17(23)26)19-12-4-6-24(7-5-12)20(16)19/h8-10,12,16,19-20H,1-7,11H2,(H2,23,26)/t16-,19+,20+/m1/s1. The lowest BCUT2D eigenvalue weighted by Crippen LogP contribution is -2.60. The molecule has 0 spiro atoms. The van der Waals surface area contributed by atoms with Gasteiger partial charge in [0, 0.05) is 37.4 Å². The fourth-order valence-corrected chi connectivity index (χ4v) is 5.34. The van der Waals surface area contributed by atoms with Gasteiger partial charge in [-0.25, -0.2) is 8.78 Å². The van der Waals surface area contributed by atoms with E-state index in [1.54, 1.807) is 0 Å². The van der Waals surface area contributed by atoms with Gasteiger partial charge in [0.2, 0.25) is 11.8 Å². The fourth-order valence-electron chi connectivity index (χ4n) is 5.34. The molecule has 2 bridgehead atoms. The highest BCUT2D eigenvalue weighted by atomic mass is 19.1. The number of carbonyl (C=O) groups excluding carboxylic acids is 2. The minimum atomic E-state index is -0.580. The van der Waals surface area contributed by atoms with Crippen LogP contribution < -0.4 is 5.73 Å². The van der Waals surface area contributed by atoms with Crippen molar-refractivity contribution in [2.75, 3.05) is 19.6 Å². The van der Waals surface area contributed by atoms with Gasteiger partial charge in [0.05, 0.1) is 6.04 Å². The van der Waals surface area contributed by atoms with Gasteiger partial charge < -0.3 is 10.6 Å². The molecule has 5 nitrogen and oxygen atoms in total. The lowest BCUT2D eigenvalue weighted by Gasteiger charge is -2.51. The molecule has 4 aliphatic heterocycles. The molecule has 4 aliphatic rings. The van der Waals surface area contributed by atoms with Crippen molar-refractivity contribution in [1.82, 2.24) is 9.80 Å². The van der Waals surface area contributed by atoms with E-state index in [2.05, 4.69) is 4.90 Å². The first-order chi connectivity index (χ1) is 12.9. The van der Waals surface area contributed by atoms with E-state index in [-0.39, 0.29) is 36.8 Å². The molecule has 7 heteroatoms. The molecule has 0 aliphatic carbocycles. The van der Waals surface area contributed by atoms with Crippen LogP contribution in [-0.2, 0) is 9.59 Å². The number of amides is 2. The van der Waals surface area contributed by atoms with Gasteiger partial charge in [-0.15, -0.1) is 0 Å². The van der Waals surface area contributed by atoms with E-state index in [1.807, 2.05) is 4.90 Å². The number of primary amides is 1. The third-order valence-corrected chi connectivity index (χ3v) is 6.44. The Morgan fingerprint density at radius 2 is 1.70 bits per heavy atom. The summed E-state index contributed by atoms with van der Waals surface area (Å²) in [5.74, 6) is -1.21. The van der Waals surface area contributed by atoms with E-state index in [9.17, 15) is 18.4 Å². The number of halogens is 2. The van der Waals surface area contributed by atoms with Gasteiger partial charge in [0.15, 0.2) is 0 Å². The molecule has 5 rings (SSSR count). The maximum Gasteiger partial charge on any atom is 0.222 e. The summed E-state index contributed by atoms with van der Waals surface area (Å²) < 4.78 is 27.6. The second-order valence-corrected chi connectivity index (χ2v) is 8.03. The number of nitrogens with two attached hydrogens (primary N) is 1. The molecule has 4 saturated heterocycles. The van der Waals surface area contributed by atoms with Crippen LogP contribution in [0.1, 0.15) is 43.6 Å². The van der Waals surface area contributed by atoms with Crippen molar-refractivity contribution < 1.29 is 18.4 Å². The van der Waals surface area contributed by atoms with Crippen LogP contribution in [0.2, 0.25) is 0 Å². The number of rotatable bonds is 5. The molecule has 0 unspecified atom stereocenters. The molecule has 2 amide bonds. The van der Waals surface area contributed by atoms with Crippen LogP contribution in [-0.4, -0.2) is 53.3 Å². The first-order valence-electron chi connectivity index (χ1n) is 9.72. The summed E-state index contributed by atoms with van der Waals surface area (Å²) in [7, 11) is 0. The summed E-state index contributed by atoms with van der Waals surface area (Å²) in [5.41, 5.74) is 5.80. The van der Waals surface area contributed by atoms with Crippen LogP contribution in [0.3, 0.4) is 0 Å². The van der Waals surface area contributed by atoms with Crippen LogP contribution in [0.4, 0.5) is 8.78 Å². The highest BCUT2D eigenvalue weighted by Crippen LogP contribution is 2.46. The number of benzene rings is 1. The van der Waals surface area contributed by atoms with Crippen LogP contribution in [0.25, 0.3) is 0 Å². The lowest BCUT2D eigenvalue weighted by molar-refractivity contribution is -0.136. The maximum atomic E-state index is 13.8. The predicted molar refractivity (Wildman–Crippen MR) is 95.7 cm³/mol. The number of piperidine rings is 3. The van der Waals surface area contributed by atoms with E-state index in [4.69, 9.17) is 5.73 Å². The Morgan fingerprint density at radius 1 is 1.04 bits per heavy atom. The van der Waals surface area contributed by atoms with E-state index in [0.717, 1.165) is 32.0 Å². The molecule has 4 fully saturated rings. The summed E-state index contributed by atoms with van der Waals surface area (Å²) in [6.07, 6.45) is 3.02. The summed E-state index contributed by atoms with van der Waals surface area (Å²) in [4.78, 5) is 28.1. The van der Waals surface area contributed by atoms with E-state index in [1.165, 1.54) is 12.1 Å². The molecular formula is C20H25F2N3O2. The average Bonchev–Trinajstić information content (AvgIpc) is 3.04. The Bertz CT molecular complexity index is 728. The lowest BCUT2D eigenvalue weighted by atomic mass is 9.75. The van der Waals surface area contributed by atoms with Crippen molar-refractivity contribution in [3.05, 3.63) is 35.4 Å². The normalized spacial score (nSPS) is 31.8. The Balaban J connectivity index is 1.60. The zero-order valence-corrected chi connectivity index (χ0v) is 15.2. The first-order valence-corrected chi connectivity index (χ1v) is 9.72. The number of hydrogen-bond donors (Lipinski definition) is 1. The fraction of sp³-hybridized carbons (Fsp3) is 0.600. The number of nitrogens with zero attached hydrogens (tertiary/aromatic N) is 2. The van der Waals surface area contributed by atoms with Gasteiger partial charge in [-0.1, -0.05) is 0 Å². The molecule has 1 aromatic carbocycles.